The van der Waals surface area contributed by atoms with Crippen molar-refractivity contribution in [2.24, 2.45) is 0 Å². The van der Waals surface area contributed by atoms with E-state index in [1.165, 1.54) is 13.8 Å². The summed E-state index contributed by atoms with van der Waals surface area (Å²) in [5.41, 5.74) is 1.06. The van der Waals surface area contributed by atoms with Crippen molar-refractivity contribution in [1.82, 2.24) is 0 Å². The SMILES string of the molecule is CCOCc1ccc(C(=O)C(C)(C)O)cc1COCC. The lowest BCUT2D eigenvalue weighted by Gasteiger charge is -2.17. The van der Waals surface area contributed by atoms with E-state index >= 15 is 0 Å². The highest BCUT2D eigenvalue weighted by molar-refractivity contribution is 6.01. The molecule has 0 bridgehead atoms. The number of Topliss-reactive ketones (excluding diaryl/α,β-unsaturated/α-hetero) is 1. The molecule has 1 rings (SSSR count). The molecule has 0 fully saturated rings. The van der Waals surface area contributed by atoms with Crippen molar-refractivity contribution in [3.8, 4) is 0 Å². The van der Waals surface area contributed by atoms with Crippen molar-refractivity contribution in [3.63, 3.8) is 0 Å². The molecule has 0 aliphatic rings. The Hall–Kier alpha value is -1.23. The molecule has 4 nitrogen and oxygen atoms in total. The van der Waals surface area contributed by atoms with Crippen LogP contribution >= 0.6 is 0 Å². The standard InChI is InChI=1S/C16H24O4/c1-5-19-10-13-8-7-12(15(17)16(3,4)18)9-14(13)11-20-6-2/h7-9,18H,5-6,10-11H2,1-4H3. The zero-order valence-electron chi connectivity index (χ0n) is 12.7. The maximum atomic E-state index is 12.1. The largest absolute Gasteiger partial charge is 0.382 e. The lowest BCUT2D eigenvalue weighted by molar-refractivity contribution is 0.0487. The van der Waals surface area contributed by atoms with Crippen molar-refractivity contribution in [1.29, 1.82) is 0 Å². The van der Waals surface area contributed by atoms with Gasteiger partial charge in [-0.3, -0.25) is 4.79 Å². The van der Waals surface area contributed by atoms with E-state index in [4.69, 9.17) is 9.47 Å². The lowest BCUT2D eigenvalue weighted by atomic mass is 9.94. The summed E-state index contributed by atoms with van der Waals surface area (Å²) in [4.78, 5) is 12.1. The Morgan fingerprint density at radius 1 is 1.10 bits per heavy atom. The molecule has 0 aromatic heterocycles. The fourth-order valence-corrected chi connectivity index (χ4v) is 1.82. The van der Waals surface area contributed by atoms with Gasteiger partial charge < -0.3 is 14.6 Å². The van der Waals surface area contributed by atoms with Gasteiger partial charge in [0.1, 0.15) is 5.60 Å². The van der Waals surface area contributed by atoms with Gasteiger partial charge in [-0.1, -0.05) is 12.1 Å². The first-order chi connectivity index (χ1) is 9.40. The van der Waals surface area contributed by atoms with E-state index in [9.17, 15) is 9.90 Å². The molecular formula is C16H24O4. The monoisotopic (exact) mass is 280 g/mol. The molecule has 1 aromatic rings. The predicted octanol–water partition coefficient (Wildman–Crippen LogP) is 2.71. The third-order valence-electron chi connectivity index (χ3n) is 2.95. The highest BCUT2D eigenvalue weighted by atomic mass is 16.5. The second-order valence-electron chi connectivity index (χ2n) is 5.15. The van der Waals surface area contributed by atoms with Crippen LogP contribution in [0.4, 0.5) is 0 Å². The first-order valence-corrected chi connectivity index (χ1v) is 6.94. The van der Waals surface area contributed by atoms with Crippen LogP contribution in [-0.4, -0.2) is 29.7 Å². The molecule has 112 valence electrons. The third-order valence-corrected chi connectivity index (χ3v) is 2.95. The molecule has 0 amide bonds. The van der Waals surface area contributed by atoms with Crippen molar-refractivity contribution in [3.05, 3.63) is 34.9 Å². The van der Waals surface area contributed by atoms with E-state index in [2.05, 4.69) is 0 Å². The minimum Gasteiger partial charge on any atom is -0.382 e. The van der Waals surface area contributed by atoms with Gasteiger partial charge in [-0.05, 0) is 44.9 Å². The van der Waals surface area contributed by atoms with Crippen LogP contribution < -0.4 is 0 Å². The predicted molar refractivity (Wildman–Crippen MR) is 77.7 cm³/mol. The Morgan fingerprint density at radius 2 is 1.65 bits per heavy atom. The quantitative estimate of drug-likeness (QED) is 0.744. The van der Waals surface area contributed by atoms with Gasteiger partial charge in [0.2, 0.25) is 0 Å². The Labute approximate surface area is 120 Å². The number of ketones is 1. The van der Waals surface area contributed by atoms with Gasteiger partial charge >= 0.3 is 0 Å². The van der Waals surface area contributed by atoms with Crippen molar-refractivity contribution in [2.75, 3.05) is 13.2 Å². The molecule has 0 aliphatic carbocycles. The fourth-order valence-electron chi connectivity index (χ4n) is 1.82. The van der Waals surface area contributed by atoms with Crippen LogP contribution in [0, 0.1) is 0 Å². The molecular weight excluding hydrogens is 256 g/mol. The highest BCUT2D eigenvalue weighted by Gasteiger charge is 2.25. The van der Waals surface area contributed by atoms with Gasteiger partial charge in [0.05, 0.1) is 13.2 Å². The van der Waals surface area contributed by atoms with E-state index in [0.717, 1.165) is 11.1 Å². The number of hydrogen-bond donors (Lipinski definition) is 1. The highest BCUT2D eigenvalue weighted by Crippen LogP contribution is 2.19. The number of rotatable bonds is 8. The van der Waals surface area contributed by atoms with Crippen LogP contribution in [0.15, 0.2) is 18.2 Å². The van der Waals surface area contributed by atoms with Crippen LogP contribution in [0.25, 0.3) is 0 Å². The summed E-state index contributed by atoms with van der Waals surface area (Å²) in [6, 6.07) is 5.37. The number of carbonyl (C=O) groups is 1. The van der Waals surface area contributed by atoms with E-state index < -0.39 is 5.60 Å². The minimum absolute atomic E-state index is 0.293. The summed E-state index contributed by atoms with van der Waals surface area (Å²) in [7, 11) is 0. The van der Waals surface area contributed by atoms with Gasteiger partial charge in [0.15, 0.2) is 5.78 Å². The molecule has 0 saturated heterocycles. The van der Waals surface area contributed by atoms with Gasteiger partial charge in [-0.25, -0.2) is 0 Å². The van der Waals surface area contributed by atoms with Crippen molar-refractivity contribution >= 4 is 5.78 Å². The van der Waals surface area contributed by atoms with Crippen molar-refractivity contribution < 1.29 is 19.4 Å². The first kappa shape index (κ1) is 16.8. The van der Waals surface area contributed by atoms with Crippen LogP contribution in [0.1, 0.15) is 49.2 Å². The smallest absolute Gasteiger partial charge is 0.193 e. The zero-order chi connectivity index (χ0) is 15.2. The average Bonchev–Trinajstić information content (AvgIpc) is 2.41. The van der Waals surface area contributed by atoms with E-state index in [1.807, 2.05) is 19.9 Å². The van der Waals surface area contributed by atoms with E-state index in [-0.39, 0.29) is 5.78 Å². The number of ether oxygens (including phenoxy) is 2. The number of hydrogen-bond acceptors (Lipinski definition) is 4. The molecule has 0 spiro atoms. The van der Waals surface area contributed by atoms with Crippen LogP contribution in [0.2, 0.25) is 0 Å². The summed E-state index contributed by atoms with van der Waals surface area (Å²) in [6.45, 7) is 9.03. The van der Waals surface area contributed by atoms with E-state index in [0.29, 0.717) is 32.0 Å². The third kappa shape index (κ3) is 4.71. The molecule has 0 heterocycles. The van der Waals surface area contributed by atoms with Gasteiger partial charge in [-0.2, -0.15) is 0 Å². The second kappa shape index (κ2) is 7.53. The summed E-state index contributed by atoms with van der Waals surface area (Å²) < 4.78 is 10.8. The molecule has 0 saturated carbocycles. The molecule has 0 radical (unpaired) electrons. The Morgan fingerprint density at radius 3 is 2.15 bits per heavy atom. The molecule has 0 atom stereocenters. The average molecular weight is 280 g/mol. The molecule has 1 N–H and O–H groups in total. The van der Waals surface area contributed by atoms with Crippen molar-refractivity contribution in [2.45, 2.75) is 46.5 Å². The maximum Gasteiger partial charge on any atom is 0.193 e. The number of aliphatic hydroxyl groups is 1. The van der Waals surface area contributed by atoms with Gasteiger partial charge in [-0.15, -0.1) is 0 Å². The van der Waals surface area contributed by atoms with Crippen LogP contribution in [0.3, 0.4) is 0 Å². The Balaban J connectivity index is 3.03. The summed E-state index contributed by atoms with van der Waals surface area (Å²) in [6.07, 6.45) is 0. The summed E-state index contributed by atoms with van der Waals surface area (Å²) in [5.74, 6) is -0.293. The molecule has 0 aliphatic heterocycles. The normalized spacial score (nSPS) is 11.7. The molecule has 20 heavy (non-hydrogen) atoms. The van der Waals surface area contributed by atoms with Crippen LogP contribution in [-0.2, 0) is 22.7 Å². The molecule has 0 unspecified atom stereocenters. The lowest BCUT2D eigenvalue weighted by Crippen LogP contribution is -2.31. The van der Waals surface area contributed by atoms with E-state index in [1.54, 1.807) is 12.1 Å². The minimum atomic E-state index is -1.37. The fraction of sp³-hybridized carbons (Fsp3) is 0.562. The van der Waals surface area contributed by atoms with Gasteiger partial charge in [0, 0.05) is 18.8 Å². The summed E-state index contributed by atoms with van der Waals surface area (Å²) >= 11 is 0. The zero-order valence-corrected chi connectivity index (χ0v) is 12.7. The number of carbonyl (C=O) groups excluding carboxylic acids is 1. The number of benzene rings is 1. The molecule has 1 aromatic carbocycles. The second-order valence-corrected chi connectivity index (χ2v) is 5.15. The molecule has 4 heteroatoms. The Kier molecular flexibility index (Phi) is 6.33. The van der Waals surface area contributed by atoms with Gasteiger partial charge in [0.25, 0.3) is 0 Å². The van der Waals surface area contributed by atoms with Crippen LogP contribution in [0.5, 0.6) is 0 Å². The topological polar surface area (TPSA) is 55.8 Å². The first-order valence-electron chi connectivity index (χ1n) is 6.94. The maximum absolute atomic E-state index is 12.1. The Bertz CT molecular complexity index is 446. The summed E-state index contributed by atoms with van der Waals surface area (Å²) in [5, 5.41) is 9.81.